The number of thiophene rings is 1. The van der Waals surface area contributed by atoms with E-state index in [0.29, 0.717) is 10.6 Å². The molecule has 1 aromatic carbocycles. The van der Waals surface area contributed by atoms with Gasteiger partial charge in [-0.3, -0.25) is 9.59 Å². The van der Waals surface area contributed by atoms with Crippen molar-refractivity contribution in [1.82, 2.24) is 0 Å². The minimum Gasteiger partial charge on any atom is -0.326 e. The summed E-state index contributed by atoms with van der Waals surface area (Å²) >= 11 is 1.36. The van der Waals surface area contributed by atoms with Gasteiger partial charge in [0.15, 0.2) is 5.78 Å². The van der Waals surface area contributed by atoms with Crippen molar-refractivity contribution in [3.8, 4) is 0 Å². The van der Waals surface area contributed by atoms with Gasteiger partial charge < -0.3 is 5.32 Å². The van der Waals surface area contributed by atoms with E-state index in [1.165, 1.54) is 23.5 Å². The van der Waals surface area contributed by atoms with E-state index in [0.717, 1.165) is 5.56 Å². The lowest BCUT2D eigenvalue weighted by Crippen LogP contribution is -2.14. The van der Waals surface area contributed by atoms with Crippen LogP contribution in [0.3, 0.4) is 0 Å². The van der Waals surface area contributed by atoms with E-state index in [2.05, 4.69) is 5.32 Å². The zero-order valence-corrected chi connectivity index (χ0v) is 11.8. The summed E-state index contributed by atoms with van der Waals surface area (Å²) in [5, 5.41) is 4.45. The molecular weight excluding hydrogens is 277 g/mol. The second kappa shape index (κ2) is 6.43. The van der Waals surface area contributed by atoms with E-state index in [1.807, 2.05) is 5.38 Å². The Hall–Kier alpha value is -2.01. The molecule has 0 saturated heterocycles. The van der Waals surface area contributed by atoms with Crippen molar-refractivity contribution in [2.24, 2.45) is 0 Å². The van der Waals surface area contributed by atoms with Gasteiger partial charge in [-0.05, 0) is 36.1 Å². The summed E-state index contributed by atoms with van der Waals surface area (Å²) in [6.07, 6.45) is 0.243. The molecule has 0 spiro atoms. The van der Waals surface area contributed by atoms with Crippen LogP contribution in [0, 0.1) is 12.7 Å². The van der Waals surface area contributed by atoms with Crippen LogP contribution < -0.4 is 5.32 Å². The van der Waals surface area contributed by atoms with Crippen molar-refractivity contribution in [3.05, 3.63) is 52.0 Å². The van der Waals surface area contributed by atoms with Crippen molar-refractivity contribution in [2.45, 2.75) is 19.8 Å². The van der Waals surface area contributed by atoms with Crippen LogP contribution in [0.15, 0.2) is 35.7 Å². The molecule has 104 valence electrons. The Bertz CT molecular complexity index is 623. The van der Waals surface area contributed by atoms with E-state index in [9.17, 15) is 14.0 Å². The maximum Gasteiger partial charge on any atom is 0.224 e. The standard InChI is InChI=1S/C15H14FNO2S/c1-10-4-5-11(16)9-12(10)17-15(19)7-6-13(18)14-3-2-8-20-14/h2-5,8-9H,6-7H2,1H3,(H,17,19). The highest BCUT2D eigenvalue weighted by molar-refractivity contribution is 7.12. The van der Waals surface area contributed by atoms with Gasteiger partial charge in [0, 0.05) is 18.5 Å². The van der Waals surface area contributed by atoms with Gasteiger partial charge in [-0.1, -0.05) is 12.1 Å². The first-order valence-electron chi connectivity index (χ1n) is 6.19. The Morgan fingerprint density at radius 2 is 2.05 bits per heavy atom. The lowest BCUT2D eigenvalue weighted by molar-refractivity contribution is -0.116. The van der Waals surface area contributed by atoms with Crippen LogP contribution in [0.25, 0.3) is 0 Å². The number of amides is 1. The summed E-state index contributed by atoms with van der Waals surface area (Å²) in [7, 11) is 0. The van der Waals surface area contributed by atoms with E-state index in [4.69, 9.17) is 0 Å². The molecule has 0 aliphatic heterocycles. The monoisotopic (exact) mass is 291 g/mol. The summed E-state index contributed by atoms with van der Waals surface area (Å²) < 4.78 is 13.1. The van der Waals surface area contributed by atoms with Crippen LogP contribution in [-0.2, 0) is 4.79 Å². The Morgan fingerprint density at radius 3 is 2.75 bits per heavy atom. The molecule has 3 nitrogen and oxygen atoms in total. The van der Waals surface area contributed by atoms with Gasteiger partial charge in [0.25, 0.3) is 0 Å². The smallest absolute Gasteiger partial charge is 0.224 e. The molecule has 1 N–H and O–H groups in total. The SMILES string of the molecule is Cc1ccc(F)cc1NC(=O)CCC(=O)c1cccs1. The van der Waals surface area contributed by atoms with Gasteiger partial charge in [0.05, 0.1) is 4.88 Å². The average Bonchev–Trinajstić information content (AvgIpc) is 2.94. The molecule has 0 saturated carbocycles. The van der Waals surface area contributed by atoms with Crippen molar-refractivity contribution in [1.29, 1.82) is 0 Å². The van der Waals surface area contributed by atoms with Crippen LogP contribution in [0.5, 0.6) is 0 Å². The Kier molecular flexibility index (Phi) is 4.63. The Morgan fingerprint density at radius 1 is 1.25 bits per heavy atom. The number of hydrogen-bond donors (Lipinski definition) is 1. The number of anilines is 1. The van der Waals surface area contributed by atoms with E-state index in [-0.39, 0.29) is 24.5 Å². The number of nitrogens with one attached hydrogen (secondary N) is 1. The quantitative estimate of drug-likeness (QED) is 0.852. The zero-order chi connectivity index (χ0) is 14.5. The molecule has 5 heteroatoms. The number of Topliss-reactive ketones (excluding diaryl/α,β-unsaturated/α-hetero) is 1. The number of carbonyl (C=O) groups excluding carboxylic acids is 2. The van der Waals surface area contributed by atoms with Gasteiger partial charge in [0.2, 0.25) is 5.91 Å². The molecule has 1 aromatic heterocycles. The van der Waals surface area contributed by atoms with Crippen LogP contribution in [0.1, 0.15) is 28.1 Å². The minimum absolute atomic E-state index is 0.0499. The number of benzene rings is 1. The summed E-state index contributed by atoms with van der Waals surface area (Å²) in [5.74, 6) is -0.740. The van der Waals surface area contributed by atoms with Crippen molar-refractivity contribution >= 4 is 28.7 Å². The van der Waals surface area contributed by atoms with Crippen LogP contribution in [0.4, 0.5) is 10.1 Å². The molecule has 0 aliphatic rings. The molecule has 20 heavy (non-hydrogen) atoms. The minimum atomic E-state index is -0.402. The second-order valence-electron chi connectivity index (χ2n) is 4.41. The van der Waals surface area contributed by atoms with Crippen molar-refractivity contribution < 1.29 is 14.0 Å². The molecular formula is C15H14FNO2S. The molecule has 2 rings (SSSR count). The van der Waals surface area contributed by atoms with E-state index in [1.54, 1.807) is 25.1 Å². The number of rotatable bonds is 5. The molecule has 0 bridgehead atoms. The number of hydrogen-bond acceptors (Lipinski definition) is 3. The third-order valence-electron chi connectivity index (χ3n) is 2.85. The molecule has 0 fully saturated rings. The number of aryl methyl sites for hydroxylation is 1. The molecule has 0 aliphatic carbocycles. The molecule has 0 unspecified atom stereocenters. The highest BCUT2D eigenvalue weighted by atomic mass is 32.1. The van der Waals surface area contributed by atoms with Gasteiger partial charge in [-0.15, -0.1) is 11.3 Å². The Balaban J connectivity index is 1.90. The summed E-state index contributed by atoms with van der Waals surface area (Å²) in [6.45, 7) is 1.78. The van der Waals surface area contributed by atoms with E-state index < -0.39 is 5.82 Å². The molecule has 0 radical (unpaired) electrons. The number of carbonyl (C=O) groups is 2. The predicted octanol–water partition coefficient (Wildman–Crippen LogP) is 3.80. The van der Waals surface area contributed by atoms with Crippen LogP contribution >= 0.6 is 11.3 Å². The normalized spacial score (nSPS) is 10.3. The maximum absolute atomic E-state index is 13.1. The van der Waals surface area contributed by atoms with Gasteiger partial charge >= 0.3 is 0 Å². The fourth-order valence-corrected chi connectivity index (χ4v) is 2.42. The molecule has 1 amide bonds. The third kappa shape index (κ3) is 3.74. The first-order valence-corrected chi connectivity index (χ1v) is 7.07. The van der Waals surface area contributed by atoms with Crippen molar-refractivity contribution in [2.75, 3.05) is 5.32 Å². The van der Waals surface area contributed by atoms with Crippen LogP contribution in [0.2, 0.25) is 0 Å². The summed E-state index contributed by atoms with van der Waals surface area (Å²) in [5.41, 5.74) is 1.22. The molecule has 1 heterocycles. The first kappa shape index (κ1) is 14.4. The average molecular weight is 291 g/mol. The first-order chi connectivity index (χ1) is 9.56. The van der Waals surface area contributed by atoms with Gasteiger partial charge in [0.1, 0.15) is 5.82 Å². The third-order valence-corrected chi connectivity index (χ3v) is 3.76. The molecule has 0 atom stereocenters. The fourth-order valence-electron chi connectivity index (χ4n) is 1.73. The topological polar surface area (TPSA) is 46.2 Å². The highest BCUT2D eigenvalue weighted by Crippen LogP contribution is 2.17. The second-order valence-corrected chi connectivity index (χ2v) is 5.36. The molecule has 2 aromatic rings. The summed E-state index contributed by atoms with van der Waals surface area (Å²) in [4.78, 5) is 24.2. The number of ketones is 1. The van der Waals surface area contributed by atoms with Gasteiger partial charge in [-0.25, -0.2) is 4.39 Å². The lowest BCUT2D eigenvalue weighted by atomic mass is 10.1. The zero-order valence-electron chi connectivity index (χ0n) is 11.0. The fraction of sp³-hybridized carbons (Fsp3) is 0.200. The highest BCUT2D eigenvalue weighted by Gasteiger charge is 2.11. The van der Waals surface area contributed by atoms with Gasteiger partial charge in [-0.2, -0.15) is 0 Å². The number of halogens is 1. The largest absolute Gasteiger partial charge is 0.326 e. The summed E-state index contributed by atoms with van der Waals surface area (Å²) in [6, 6.07) is 7.75. The Labute approximate surface area is 120 Å². The van der Waals surface area contributed by atoms with Crippen molar-refractivity contribution in [3.63, 3.8) is 0 Å². The van der Waals surface area contributed by atoms with Crippen LogP contribution in [-0.4, -0.2) is 11.7 Å². The maximum atomic E-state index is 13.1. The predicted molar refractivity (Wildman–Crippen MR) is 77.7 cm³/mol. The van der Waals surface area contributed by atoms with E-state index >= 15 is 0 Å². The lowest BCUT2D eigenvalue weighted by Gasteiger charge is -2.08.